The van der Waals surface area contributed by atoms with Gasteiger partial charge in [-0.05, 0) is 62.2 Å². The number of hydrogen-bond acceptors (Lipinski definition) is 4. The third kappa shape index (κ3) is 3.44. The van der Waals surface area contributed by atoms with Gasteiger partial charge in [-0.1, -0.05) is 0 Å². The Morgan fingerprint density at radius 3 is 0.667 bits per heavy atom. The predicted molar refractivity (Wildman–Crippen MR) is 65.5 cm³/mol. The molecule has 6 fully saturated rings. The molecule has 0 spiro atoms. The first kappa shape index (κ1) is 12.9. The first-order chi connectivity index (χ1) is 8.90. The Kier molecular flexibility index (Phi) is 4.52. The lowest BCUT2D eigenvalue weighted by Crippen LogP contribution is -2.38. The van der Waals surface area contributed by atoms with Crippen molar-refractivity contribution in [3.05, 3.63) is 0 Å². The molecule has 2 heterocycles. The van der Waals surface area contributed by atoms with Gasteiger partial charge in [-0.15, -0.1) is 0 Å². The summed E-state index contributed by atoms with van der Waals surface area (Å²) in [6.45, 7) is 3.11. The lowest BCUT2D eigenvalue weighted by atomic mass is 9.56. The summed E-state index contributed by atoms with van der Waals surface area (Å²) in [6.07, 6.45) is 9.62. The first-order valence-corrected chi connectivity index (χ1v) is 7.39. The van der Waals surface area contributed by atoms with Crippen molar-refractivity contribution in [2.75, 3.05) is 26.4 Å². The average molecular weight is 256 g/mol. The van der Waals surface area contributed by atoms with Crippen molar-refractivity contribution in [2.45, 2.75) is 38.5 Å². The molecule has 4 saturated carbocycles. The molecule has 4 heteroatoms. The predicted octanol–water partition coefficient (Wildman–Crippen LogP) is 2.73. The molecule has 4 bridgehead atoms. The van der Waals surface area contributed by atoms with E-state index in [0.717, 1.165) is 26.4 Å². The van der Waals surface area contributed by atoms with E-state index in [1.54, 1.807) is 38.5 Å². The van der Waals surface area contributed by atoms with Crippen LogP contribution in [-0.4, -0.2) is 26.4 Å². The van der Waals surface area contributed by atoms with Crippen molar-refractivity contribution in [1.82, 2.24) is 0 Å². The molecular weight excluding hydrogens is 232 g/mol. The van der Waals surface area contributed by atoms with E-state index in [2.05, 4.69) is 19.6 Å². The van der Waals surface area contributed by atoms with Gasteiger partial charge in [0.05, 0.1) is 0 Å². The second kappa shape index (κ2) is 6.33. The van der Waals surface area contributed by atoms with Gasteiger partial charge in [-0.3, -0.25) is 0 Å². The van der Waals surface area contributed by atoms with E-state index in [1.165, 1.54) is 23.7 Å². The molecule has 18 heavy (non-hydrogen) atoms. The van der Waals surface area contributed by atoms with Crippen LogP contribution in [0.4, 0.5) is 0 Å². The van der Waals surface area contributed by atoms with Gasteiger partial charge in [0.15, 0.2) is 0 Å². The highest BCUT2D eigenvalue weighted by Gasteiger charge is 2.41. The zero-order valence-electron chi connectivity index (χ0n) is 11.0. The van der Waals surface area contributed by atoms with Crippen LogP contribution < -0.4 is 0 Å². The van der Waals surface area contributed by atoms with Gasteiger partial charge in [0.1, 0.15) is 26.4 Å². The Balaban J connectivity index is 0.000000104. The summed E-state index contributed by atoms with van der Waals surface area (Å²) in [5.41, 5.74) is 0. The lowest BCUT2D eigenvalue weighted by molar-refractivity contribution is -0.382. The Morgan fingerprint density at radius 2 is 0.556 bits per heavy atom. The summed E-state index contributed by atoms with van der Waals surface area (Å²) < 4.78 is 0. The molecule has 0 aromatic rings. The maximum Gasteiger partial charge on any atom is 0.109 e. The molecule has 0 unspecified atom stereocenters. The first-order valence-electron chi connectivity index (χ1n) is 7.39. The van der Waals surface area contributed by atoms with Crippen LogP contribution in [0.3, 0.4) is 0 Å². The maximum atomic E-state index is 4.22. The summed E-state index contributed by atoms with van der Waals surface area (Å²) >= 11 is 0. The molecule has 104 valence electrons. The zero-order valence-corrected chi connectivity index (χ0v) is 11.0. The number of rotatable bonds is 0. The highest BCUT2D eigenvalue weighted by Crippen LogP contribution is 2.53. The minimum atomic E-state index is 0.778. The Labute approximate surface area is 109 Å². The normalized spacial score (nSPS) is 42.7. The van der Waals surface area contributed by atoms with E-state index >= 15 is 0 Å². The molecule has 0 amide bonds. The maximum absolute atomic E-state index is 4.22. The van der Waals surface area contributed by atoms with Gasteiger partial charge >= 0.3 is 0 Å². The van der Waals surface area contributed by atoms with Crippen LogP contribution in [0.15, 0.2) is 0 Å². The summed E-state index contributed by atoms with van der Waals surface area (Å²) in [5.74, 6) is 4.71. The SMILES string of the molecule is C1C2CC3CC1CC(C2)C3.C1COO1.C1COO1. The van der Waals surface area contributed by atoms with Crippen molar-refractivity contribution in [3.63, 3.8) is 0 Å². The second-order valence-electron chi connectivity index (χ2n) is 6.17. The van der Waals surface area contributed by atoms with E-state index in [-0.39, 0.29) is 0 Å². The van der Waals surface area contributed by atoms with E-state index in [1.807, 2.05) is 0 Å². The molecule has 0 aromatic heterocycles. The molecule has 0 atom stereocenters. The minimum Gasteiger partial charge on any atom is -0.234 e. The van der Waals surface area contributed by atoms with E-state index in [9.17, 15) is 0 Å². The average Bonchev–Trinajstić information content (AvgIpc) is 2.08. The van der Waals surface area contributed by atoms with E-state index in [0.29, 0.717) is 0 Å². The van der Waals surface area contributed by atoms with Gasteiger partial charge in [0.2, 0.25) is 0 Å². The summed E-state index contributed by atoms with van der Waals surface area (Å²) in [5, 5.41) is 0. The Morgan fingerprint density at radius 1 is 0.389 bits per heavy atom. The van der Waals surface area contributed by atoms with Gasteiger partial charge < -0.3 is 0 Å². The topological polar surface area (TPSA) is 36.9 Å². The van der Waals surface area contributed by atoms with Crippen molar-refractivity contribution in [1.29, 1.82) is 0 Å². The standard InChI is InChI=1S/C10H16.2C2H4O2/c1-7-2-9-4-8(1)5-10(3-7)6-9;2*1-2-4-3-1/h7-10H,1-6H2;2*1-2H2. The third-order valence-electron chi connectivity index (χ3n) is 4.67. The second-order valence-corrected chi connectivity index (χ2v) is 6.17. The van der Waals surface area contributed by atoms with Gasteiger partial charge in [0, 0.05) is 0 Å². The molecule has 4 aliphatic carbocycles. The minimum absolute atomic E-state index is 0.778. The molecule has 0 radical (unpaired) electrons. The summed E-state index contributed by atoms with van der Waals surface area (Å²) in [7, 11) is 0. The molecule has 2 aliphatic heterocycles. The van der Waals surface area contributed by atoms with Crippen LogP contribution in [0.25, 0.3) is 0 Å². The molecule has 6 aliphatic rings. The van der Waals surface area contributed by atoms with E-state index < -0.39 is 0 Å². The zero-order chi connectivity index (χ0) is 12.2. The molecule has 4 nitrogen and oxygen atoms in total. The Bertz CT molecular complexity index is 176. The molecular formula is C14H24O4. The van der Waals surface area contributed by atoms with Crippen molar-refractivity contribution in [3.8, 4) is 0 Å². The van der Waals surface area contributed by atoms with Gasteiger partial charge in [0.25, 0.3) is 0 Å². The van der Waals surface area contributed by atoms with Crippen LogP contribution in [0, 0.1) is 23.7 Å². The Hall–Kier alpha value is -0.160. The molecule has 2 saturated heterocycles. The fourth-order valence-corrected chi connectivity index (χ4v) is 4.15. The summed E-state index contributed by atoms with van der Waals surface area (Å²) in [6, 6.07) is 0. The van der Waals surface area contributed by atoms with Crippen LogP contribution in [0.2, 0.25) is 0 Å². The van der Waals surface area contributed by atoms with Gasteiger partial charge in [-0.25, -0.2) is 19.6 Å². The van der Waals surface area contributed by atoms with Gasteiger partial charge in [-0.2, -0.15) is 0 Å². The third-order valence-corrected chi connectivity index (χ3v) is 4.67. The molecule has 0 N–H and O–H groups in total. The van der Waals surface area contributed by atoms with Crippen molar-refractivity contribution in [2.24, 2.45) is 23.7 Å². The van der Waals surface area contributed by atoms with Crippen LogP contribution in [0.1, 0.15) is 38.5 Å². The lowest BCUT2D eigenvalue weighted by Gasteiger charge is -2.49. The molecule has 6 rings (SSSR count). The van der Waals surface area contributed by atoms with Crippen LogP contribution >= 0.6 is 0 Å². The van der Waals surface area contributed by atoms with Crippen molar-refractivity contribution < 1.29 is 19.6 Å². The highest BCUT2D eigenvalue weighted by atomic mass is 17.2. The monoisotopic (exact) mass is 256 g/mol. The fourth-order valence-electron chi connectivity index (χ4n) is 4.15. The van der Waals surface area contributed by atoms with Crippen molar-refractivity contribution >= 4 is 0 Å². The quantitative estimate of drug-likeness (QED) is 0.624. The van der Waals surface area contributed by atoms with Crippen LogP contribution in [0.5, 0.6) is 0 Å². The number of hydrogen-bond donors (Lipinski definition) is 0. The highest BCUT2D eigenvalue weighted by molar-refractivity contribution is 4.92. The largest absolute Gasteiger partial charge is 0.234 e. The van der Waals surface area contributed by atoms with Crippen LogP contribution in [-0.2, 0) is 19.6 Å². The van der Waals surface area contributed by atoms with E-state index in [4.69, 9.17) is 0 Å². The summed E-state index contributed by atoms with van der Waals surface area (Å²) in [4.78, 5) is 16.9. The molecule has 0 aromatic carbocycles. The smallest absolute Gasteiger partial charge is 0.109 e. The fraction of sp³-hybridized carbons (Fsp3) is 1.00.